The lowest BCUT2D eigenvalue weighted by atomic mass is 9.99. The molecule has 1 aliphatic rings. The Morgan fingerprint density at radius 2 is 1.96 bits per heavy atom. The molecule has 2 aromatic rings. The molecular weight excluding hydrogens is 301 g/mol. The van der Waals surface area contributed by atoms with Crippen molar-refractivity contribution in [3.05, 3.63) is 23.5 Å². The molecule has 0 spiro atoms. The van der Waals surface area contributed by atoms with E-state index in [-0.39, 0.29) is 17.4 Å². The van der Waals surface area contributed by atoms with Gasteiger partial charge in [0, 0.05) is 13.1 Å². The molecule has 1 aromatic heterocycles. The van der Waals surface area contributed by atoms with E-state index in [0.717, 1.165) is 5.56 Å². The molecule has 0 aliphatic carbocycles. The predicted molar refractivity (Wildman–Crippen MR) is 83.4 cm³/mol. The number of anilines is 1. The zero-order valence-electron chi connectivity index (χ0n) is 13.5. The van der Waals surface area contributed by atoms with Gasteiger partial charge in [-0.2, -0.15) is 0 Å². The number of halogens is 1. The number of methoxy groups -OCH3 is 1. The number of hydrogen-bond donors (Lipinski definition) is 0. The van der Waals surface area contributed by atoms with Crippen LogP contribution in [0.4, 0.5) is 10.4 Å². The van der Waals surface area contributed by atoms with Crippen LogP contribution < -0.4 is 9.64 Å². The Morgan fingerprint density at radius 3 is 2.61 bits per heavy atom. The summed E-state index contributed by atoms with van der Waals surface area (Å²) in [4.78, 5) is 1.93. The Bertz CT molecular complexity index is 681. The predicted octanol–water partition coefficient (Wildman–Crippen LogP) is 2.84. The molecule has 0 atom stereocenters. The first kappa shape index (κ1) is 15.7. The number of hydrogen-bond acceptors (Lipinski definition) is 6. The minimum atomic E-state index is -0.397. The van der Waals surface area contributed by atoms with E-state index in [0.29, 0.717) is 38.1 Å². The molecule has 1 aliphatic heterocycles. The van der Waals surface area contributed by atoms with E-state index in [1.165, 1.54) is 6.07 Å². The van der Waals surface area contributed by atoms with Crippen LogP contribution in [0.3, 0.4) is 0 Å². The second-order valence-electron chi connectivity index (χ2n) is 5.72. The van der Waals surface area contributed by atoms with Gasteiger partial charge < -0.3 is 18.8 Å². The molecule has 1 aromatic carbocycles. The van der Waals surface area contributed by atoms with Crippen molar-refractivity contribution in [3.63, 3.8) is 0 Å². The molecule has 6 nitrogen and oxygen atoms in total. The average molecular weight is 321 g/mol. The Balaban J connectivity index is 1.94. The molecule has 124 valence electrons. The number of nitrogens with zero attached hydrogens (tertiary/aromatic N) is 3. The van der Waals surface area contributed by atoms with Crippen molar-refractivity contribution in [3.8, 4) is 17.2 Å². The molecular formula is C16H20FN3O3. The summed E-state index contributed by atoms with van der Waals surface area (Å²) in [6, 6.07) is 3.47. The summed E-state index contributed by atoms with van der Waals surface area (Å²) in [7, 11) is 1.57. The topological polar surface area (TPSA) is 60.6 Å². The minimum absolute atomic E-state index is 0.151. The van der Waals surface area contributed by atoms with Crippen LogP contribution in [0.2, 0.25) is 0 Å². The number of morpholine rings is 1. The van der Waals surface area contributed by atoms with Crippen molar-refractivity contribution < 1.29 is 18.3 Å². The first-order chi connectivity index (χ1) is 11.1. The number of rotatable bonds is 4. The van der Waals surface area contributed by atoms with Crippen molar-refractivity contribution in [2.24, 2.45) is 0 Å². The van der Waals surface area contributed by atoms with E-state index in [4.69, 9.17) is 13.9 Å². The minimum Gasteiger partial charge on any atom is -0.496 e. The lowest BCUT2D eigenvalue weighted by Gasteiger charge is -2.24. The molecule has 0 N–H and O–H groups in total. The van der Waals surface area contributed by atoms with Gasteiger partial charge in [-0.1, -0.05) is 18.9 Å². The normalized spacial score (nSPS) is 15.3. The van der Waals surface area contributed by atoms with Crippen LogP contribution in [0.5, 0.6) is 5.75 Å². The van der Waals surface area contributed by atoms with E-state index in [2.05, 4.69) is 10.2 Å². The summed E-state index contributed by atoms with van der Waals surface area (Å²) in [5.74, 6) is 0.520. The fourth-order valence-electron chi connectivity index (χ4n) is 2.57. The van der Waals surface area contributed by atoms with E-state index in [1.807, 2.05) is 18.7 Å². The van der Waals surface area contributed by atoms with E-state index < -0.39 is 5.82 Å². The van der Waals surface area contributed by atoms with Crippen LogP contribution in [0.25, 0.3) is 11.5 Å². The van der Waals surface area contributed by atoms with E-state index in [1.54, 1.807) is 13.2 Å². The van der Waals surface area contributed by atoms with Gasteiger partial charge >= 0.3 is 6.01 Å². The summed E-state index contributed by atoms with van der Waals surface area (Å²) in [6.45, 7) is 6.56. The summed E-state index contributed by atoms with van der Waals surface area (Å²) in [5, 5.41) is 7.99. The molecule has 0 unspecified atom stereocenters. The molecule has 0 radical (unpaired) electrons. The van der Waals surface area contributed by atoms with Crippen molar-refractivity contribution in [2.75, 3.05) is 38.3 Å². The number of aromatic nitrogens is 2. The second-order valence-corrected chi connectivity index (χ2v) is 5.72. The molecule has 2 heterocycles. The third kappa shape index (κ3) is 3.14. The van der Waals surface area contributed by atoms with Gasteiger partial charge in [0.1, 0.15) is 11.6 Å². The first-order valence-electron chi connectivity index (χ1n) is 7.64. The number of ether oxygens (including phenoxy) is 2. The maximum Gasteiger partial charge on any atom is 0.318 e. The van der Waals surface area contributed by atoms with Crippen molar-refractivity contribution >= 4 is 6.01 Å². The molecule has 1 saturated heterocycles. The molecule has 3 rings (SSSR count). The highest BCUT2D eigenvalue weighted by Crippen LogP contribution is 2.34. The smallest absolute Gasteiger partial charge is 0.318 e. The molecule has 7 heteroatoms. The third-order valence-corrected chi connectivity index (χ3v) is 3.87. The lowest BCUT2D eigenvalue weighted by Crippen LogP contribution is -2.36. The van der Waals surface area contributed by atoms with Crippen LogP contribution in [0.15, 0.2) is 16.5 Å². The van der Waals surface area contributed by atoms with Crippen LogP contribution in [-0.2, 0) is 4.74 Å². The molecule has 1 fully saturated rings. The number of benzene rings is 1. The van der Waals surface area contributed by atoms with Gasteiger partial charge in [-0.15, -0.1) is 5.10 Å². The maximum atomic E-state index is 14.4. The van der Waals surface area contributed by atoms with Gasteiger partial charge in [-0.05, 0) is 23.6 Å². The Morgan fingerprint density at radius 1 is 1.22 bits per heavy atom. The zero-order chi connectivity index (χ0) is 16.4. The monoisotopic (exact) mass is 321 g/mol. The quantitative estimate of drug-likeness (QED) is 0.863. The van der Waals surface area contributed by atoms with Gasteiger partial charge in [0.05, 0.1) is 25.9 Å². The summed E-state index contributed by atoms with van der Waals surface area (Å²) in [5.41, 5.74) is 1.06. The van der Waals surface area contributed by atoms with Crippen molar-refractivity contribution in [2.45, 2.75) is 19.8 Å². The summed E-state index contributed by atoms with van der Waals surface area (Å²) in [6.07, 6.45) is 0. The van der Waals surface area contributed by atoms with E-state index >= 15 is 0 Å². The van der Waals surface area contributed by atoms with E-state index in [9.17, 15) is 4.39 Å². The molecule has 0 saturated carbocycles. The van der Waals surface area contributed by atoms with Crippen molar-refractivity contribution in [1.29, 1.82) is 0 Å². The van der Waals surface area contributed by atoms with Gasteiger partial charge in [0.15, 0.2) is 0 Å². The van der Waals surface area contributed by atoms with Crippen molar-refractivity contribution in [1.82, 2.24) is 10.2 Å². The Kier molecular flexibility index (Phi) is 4.47. The highest BCUT2D eigenvalue weighted by Gasteiger charge is 2.21. The van der Waals surface area contributed by atoms with Crippen LogP contribution >= 0.6 is 0 Å². The molecule has 23 heavy (non-hydrogen) atoms. The zero-order valence-corrected chi connectivity index (χ0v) is 13.5. The largest absolute Gasteiger partial charge is 0.496 e. The SMILES string of the molecule is COc1cc(-c2nnc(N3CCOCC3)o2)c(F)cc1C(C)C. The second kappa shape index (κ2) is 6.54. The summed E-state index contributed by atoms with van der Waals surface area (Å²) < 4.78 is 30.7. The highest BCUT2D eigenvalue weighted by molar-refractivity contribution is 5.60. The highest BCUT2D eigenvalue weighted by atomic mass is 19.1. The Labute approximate surface area is 134 Å². The van der Waals surface area contributed by atoms with Crippen LogP contribution in [0, 0.1) is 5.82 Å². The van der Waals surface area contributed by atoms with Gasteiger partial charge in [-0.25, -0.2) is 4.39 Å². The third-order valence-electron chi connectivity index (χ3n) is 3.87. The lowest BCUT2D eigenvalue weighted by molar-refractivity contribution is 0.120. The fraction of sp³-hybridized carbons (Fsp3) is 0.500. The summed E-state index contributed by atoms with van der Waals surface area (Å²) >= 11 is 0. The average Bonchev–Trinajstić information content (AvgIpc) is 3.05. The molecule has 0 amide bonds. The van der Waals surface area contributed by atoms with Gasteiger partial charge in [-0.3, -0.25) is 0 Å². The Hall–Kier alpha value is -2.15. The van der Waals surface area contributed by atoms with Crippen LogP contribution in [0.1, 0.15) is 25.3 Å². The fourth-order valence-corrected chi connectivity index (χ4v) is 2.57. The maximum absolute atomic E-state index is 14.4. The standard InChI is InChI=1S/C16H20FN3O3/c1-10(2)11-8-13(17)12(9-14(11)21-3)15-18-19-16(23-15)20-4-6-22-7-5-20/h8-10H,4-7H2,1-3H3. The molecule has 0 bridgehead atoms. The van der Waals surface area contributed by atoms with Gasteiger partial charge in [0.25, 0.3) is 5.89 Å². The first-order valence-corrected chi connectivity index (χ1v) is 7.64. The van der Waals surface area contributed by atoms with Gasteiger partial charge in [0.2, 0.25) is 0 Å². The van der Waals surface area contributed by atoms with Crippen LogP contribution in [-0.4, -0.2) is 43.6 Å².